The van der Waals surface area contributed by atoms with Gasteiger partial charge in [0.05, 0.1) is 5.60 Å². The Hall–Kier alpha value is -1.86. The van der Waals surface area contributed by atoms with E-state index in [1.54, 1.807) is 5.57 Å². The van der Waals surface area contributed by atoms with Gasteiger partial charge in [0.15, 0.2) is 0 Å². The maximum Gasteiger partial charge on any atom is 0.0598 e. The number of allylic oxidation sites excluding steroid dienone is 8. The van der Waals surface area contributed by atoms with Crippen LogP contribution in [0, 0.1) is 47.3 Å². The van der Waals surface area contributed by atoms with Gasteiger partial charge in [-0.1, -0.05) is 113 Å². The first-order valence-electron chi connectivity index (χ1n) is 15.7. The molecule has 0 N–H and O–H groups in total. The molecule has 0 aromatic heterocycles. The van der Waals surface area contributed by atoms with Crippen molar-refractivity contribution in [2.24, 2.45) is 47.3 Å². The zero-order valence-corrected chi connectivity index (χ0v) is 25.1. The highest BCUT2D eigenvalue weighted by Gasteiger charge is 2.40. The molecule has 1 aromatic rings. The van der Waals surface area contributed by atoms with Crippen molar-refractivity contribution in [3.05, 3.63) is 78.4 Å². The van der Waals surface area contributed by atoms with Crippen LogP contribution >= 0.6 is 0 Å². The molecule has 208 valence electrons. The zero-order chi connectivity index (χ0) is 27.1. The van der Waals surface area contributed by atoms with Gasteiger partial charge in [0, 0.05) is 6.61 Å². The third-order valence-corrected chi connectivity index (χ3v) is 9.81. The van der Waals surface area contributed by atoms with Crippen LogP contribution < -0.4 is 0 Å². The molecule has 4 aliphatic carbocycles. The molecular weight excluding hydrogens is 460 g/mol. The smallest absolute Gasteiger partial charge is 0.0598 e. The van der Waals surface area contributed by atoms with Gasteiger partial charge in [-0.15, -0.1) is 0 Å². The van der Waals surface area contributed by atoms with E-state index in [9.17, 15) is 0 Å². The van der Waals surface area contributed by atoms with E-state index in [0.29, 0.717) is 0 Å². The van der Waals surface area contributed by atoms with Crippen molar-refractivity contribution in [1.29, 1.82) is 0 Å². The maximum absolute atomic E-state index is 5.78. The van der Waals surface area contributed by atoms with Gasteiger partial charge in [-0.25, -0.2) is 0 Å². The molecule has 2 saturated carbocycles. The fourth-order valence-electron chi connectivity index (χ4n) is 7.54. The van der Waals surface area contributed by atoms with E-state index in [4.69, 9.17) is 4.74 Å². The first-order valence-corrected chi connectivity index (χ1v) is 15.7. The third-order valence-electron chi connectivity index (χ3n) is 9.81. The van der Waals surface area contributed by atoms with Gasteiger partial charge in [0.2, 0.25) is 0 Å². The lowest BCUT2D eigenvalue weighted by atomic mass is 9.79. The highest BCUT2D eigenvalue weighted by molar-refractivity contribution is 5.71. The predicted octanol–water partition coefficient (Wildman–Crippen LogP) is 10.3. The van der Waals surface area contributed by atoms with Gasteiger partial charge >= 0.3 is 0 Å². The van der Waals surface area contributed by atoms with Crippen LogP contribution in [0.15, 0.2) is 72.9 Å². The molecule has 5 rings (SSSR count). The summed E-state index contributed by atoms with van der Waals surface area (Å²) in [4.78, 5) is 0. The highest BCUT2D eigenvalue weighted by atomic mass is 16.5. The van der Waals surface area contributed by atoms with Crippen LogP contribution in [0.3, 0.4) is 0 Å². The average Bonchev–Trinajstić information content (AvgIpc) is 3.39. The van der Waals surface area contributed by atoms with Crippen LogP contribution in [0.2, 0.25) is 0 Å². The lowest BCUT2D eigenvalue weighted by molar-refractivity contribution is -0.00477. The van der Waals surface area contributed by atoms with Crippen molar-refractivity contribution in [2.75, 3.05) is 6.61 Å². The molecule has 38 heavy (non-hydrogen) atoms. The molecule has 0 heterocycles. The molecule has 1 heteroatoms. The number of hydrogen-bond donors (Lipinski definition) is 0. The van der Waals surface area contributed by atoms with Crippen molar-refractivity contribution in [1.82, 2.24) is 0 Å². The molecule has 0 saturated heterocycles. The summed E-state index contributed by atoms with van der Waals surface area (Å²) < 4.78 is 5.78. The minimum atomic E-state index is 0.0236. The Morgan fingerprint density at radius 1 is 0.737 bits per heavy atom. The van der Waals surface area contributed by atoms with E-state index in [1.165, 1.54) is 50.5 Å². The quantitative estimate of drug-likeness (QED) is 0.313. The predicted molar refractivity (Wildman–Crippen MR) is 165 cm³/mol. The van der Waals surface area contributed by atoms with Crippen LogP contribution in [-0.4, -0.2) is 12.2 Å². The van der Waals surface area contributed by atoms with E-state index in [1.807, 2.05) is 0 Å². The molecule has 0 spiro atoms. The summed E-state index contributed by atoms with van der Waals surface area (Å²) in [6.07, 6.45) is 25.9. The van der Waals surface area contributed by atoms with Crippen molar-refractivity contribution in [3.63, 3.8) is 0 Å². The fraction of sp³-hybridized carbons (Fsp3) is 0.622. The monoisotopic (exact) mass is 514 g/mol. The Kier molecular flexibility index (Phi) is 10.3. The van der Waals surface area contributed by atoms with E-state index in [-0.39, 0.29) is 5.60 Å². The second-order valence-electron chi connectivity index (χ2n) is 13.7. The molecule has 0 bridgehead atoms. The van der Waals surface area contributed by atoms with E-state index in [0.717, 1.165) is 54.0 Å². The van der Waals surface area contributed by atoms with Gasteiger partial charge in [-0.05, 0) is 105 Å². The van der Waals surface area contributed by atoms with Crippen molar-refractivity contribution in [2.45, 2.75) is 92.1 Å². The fourth-order valence-corrected chi connectivity index (χ4v) is 7.54. The van der Waals surface area contributed by atoms with E-state index in [2.05, 4.69) is 114 Å². The minimum Gasteiger partial charge on any atom is -0.376 e. The second kappa shape index (κ2) is 13.5. The summed E-state index contributed by atoms with van der Waals surface area (Å²) in [5.74, 6) is 6.62. The molecule has 8 atom stereocenters. The molecule has 1 aromatic carbocycles. The summed E-state index contributed by atoms with van der Waals surface area (Å²) in [5.41, 5.74) is 2.98. The first-order chi connectivity index (χ1) is 18.2. The topological polar surface area (TPSA) is 9.23 Å². The first kappa shape index (κ1) is 29.1. The highest BCUT2D eigenvalue weighted by Crippen LogP contribution is 2.50. The molecule has 4 aliphatic rings. The number of unbranched alkanes of at least 4 members (excludes halogenated alkanes) is 3. The van der Waals surface area contributed by atoms with E-state index < -0.39 is 0 Å². The number of ether oxygens (including phenoxy) is 1. The van der Waals surface area contributed by atoms with Crippen LogP contribution in [0.25, 0.3) is 5.57 Å². The molecule has 8 unspecified atom stereocenters. The van der Waals surface area contributed by atoms with Crippen molar-refractivity contribution < 1.29 is 4.74 Å². The van der Waals surface area contributed by atoms with E-state index >= 15 is 0 Å². The Labute approximate surface area is 234 Å². The average molecular weight is 515 g/mol. The summed E-state index contributed by atoms with van der Waals surface area (Å²) in [6, 6.07) is 10.9. The summed E-state index contributed by atoms with van der Waals surface area (Å²) in [7, 11) is 0. The molecule has 0 radical (unpaired) electrons. The standard InChI is InChI=1S/C20H34O.C17H20/c1-16-15-17(19-13-9-8-12-18(16)19)11-7-5-6-10-14-21-20(2,3)4;1-12-11-17-15(13(12)2)9-6-10-16(17)14-7-4-3-5-8-14/h8-9,12-13,16-19H,5-7,10-11,14-15H2,1-4H3;3-10,12-13,15,17H,11H2,1-2H3. The number of benzene rings is 1. The molecule has 2 fully saturated rings. The largest absolute Gasteiger partial charge is 0.376 e. The second-order valence-corrected chi connectivity index (χ2v) is 13.7. The van der Waals surface area contributed by atoms with Gasteiger partial charge in [0.1, 0.15) is 0 Å². The van der Waals surface area contributed by atoms with Crippen molar-refractivity contribution in [3.8, 4) is 0 Å². The third kappa shape index (κ3) is 7.62. The zero-order valence-electron chi connectivity index (χ0n) is 25.1. The maximum atomic E-state index is 5.78. The van der Waals surface area contributed by atoms with Crippen LogP contribution in [0.1, 0.15) is 92.1 Å². The lowest BCUT2D eigenvalue weighted by Crippen LogP contribution is -2.19. The molecule has 0 amide bonds. The summed E-state index contributed by atoms with van der Waals surface area (Å²) in [5, 5.41) is 0. The van der Waals surface area contributed by atoms with Gasteiger partial charge in [-0.3, -0.25) is 0 Å². The Balaban J connectivity index is 0.000000180. The number of rotatable bonds is 8. The SMILES string of the molecule is CC1CC(CCCCCCOC(C)(C)C)C2C=CC=CC12.CC1CC2C(c3ccccc3)=CC=CC2C1C. The minimum absolute atomic E-state index is 0.0236. The Morgan fingerprint density at radius 2 is 1.42 bits per heavy atom. The van der Waals surface area contributed by atoms with Crippen molar-refractivity contribution >= 4 is 5.57 Å². The molecule has 0 aliphatic heterocycles. The van der Waals surface area contributed by atoms with Gasteiger partial charge in [-0.2, -0.15) is 0 Å². The lowest BCUT2D eigenvalue weighted by Gasteiger charge is -2.25. The summed E-state index contributed by atoms with van der Waals surface area (Å²) >= 11 is 0. The van der Waals surface area contributed by atoms with Gasteiger partial charge < -0.3 is 4.74 Å². The Bertz CT molecular complexity index is 974. The molecular formula is C37H54O. The summed E-state index contributed by atoms with van der Waals surface area (Å²) in [6.45, 7) is 14.6. The number of hydrogen-bond acceptors (Lipinski definition) is 1. The normalized spacial score (nSPS) is 33.4. The number of fused-ring (bicyclic) bond motifs is 2. The van der Waals surface area contributed by atoms with Crippen LogP contribution in [-0.2, 0) is 4.74 Å². The Morgan fingerprint density at radius 3 is 2.16 bits per heavy atom. The van der Waals surface area contributed by atoms with Crippen LogP contribution in [0.4, 0.5) is 0 Å². The molecule has 1 nitrogen and oxygen atoms in total. The van der Waals surface area contributed by atoms with Gasteiger partial charge in [0.25, 0.3) is 0 Å². The van der Waals surface area contributed by atoms with Crippen LogP contribution in [0.5, 0.6) is 0 Å².